The highest BCUT2D eigenvalue weighted by Crippen LogP contribution is 2.23. The minimum atomic E-state index is -1.88. The Morgan fingerprint density at radius 2 is 1.43 bits per heavy atom. The summed E-state index contributed by atoms with van der Waals surface area (Å²) in [7, 11) is 0. The number of hydrogen-bond acceptors (Lipinski definition) is 8. The third-order valence-corrected chi connectivity index (χ3v) is 5.46. The summed E-state index contributed by atoms with van der Waals surface area (Å²) in [5, 5.41) is 30.4. The molecule has 0 spiro atoms. The van der Waals surface area contributed by atoms with Gasteiger partial charge in [0.2, 0.25) is 11.8 Å². The number of benzene rings is 1. The van der Waals surface area contributed by atoms with E-state index < -0.39 is 73.2 Å². The molecule has 0 saturated carbocycles. The van der Waals surface area contributed by atoms with Crippen LogP contribution in [0.1, 0.15) is 44.1 Å². The number of carboxylic acids is 3. The summed E-state index contributed by atoms with van der Waals surface area (Å²) < 4.78 is 5.05. The van der Waals surface area contributed by atoms with E-state index in [9.17, 15) is 43.8 Å². The Morgan fingerprint density at radius 3 is 1.97 bits per heavy atom. The number of hydrogen-bond donors (Lipinski definition) is 4. The number of unbranched alkanes of at least 4 members (excludes halogenated alkanes) is 1. The van der Waals surface area contributed by atoms with Crippen molar-refractivity contribution in [3.05, 3.63) is 35.9 Å². The Kier molecular flexibility index (Phi) is 10.5. The lowest BCUT2D eigenvalue weighted by Gasteiger charge is -2.38. The summed E-state index contributed by atoms with van der Waals surface area (Å²) in [6.07, 6.45) is -2.75. The Labute approximate surface area is 210 Å². The SMILES string of the molecule is O=C(O)CCC(C(=O)O)N1C(=O)CC(=O)N(C(CCCCNC(=O)OCc2ccccc2)C(=O)O)C1=O. The van der Waals surface area contributed by atoms with Crippen LogP contribution < -0.4 is 5.32 Å². The fourth-order valence-electron chi connectivity index (χ4n) is 3.66. The minimum Gasteiger partial charge on any atom is -0.481 e. The lowest BCUT2D eigenvalue weighted by atomic mass is 10.0. The smallest absolute Gasteiger partial charge is 0.407 e. The van der Waals surface area contributed by atoms with E-state index in [4.69, 9.17) is 9.84 Å². The lowest BCUT2D eigenvalue weighted by Crippen LogP contribution is -2.63. The predicted octanol–water partition coefficient (Wildman–Crippen LogP) is 1.04. The van der Waals surface area contributed by atoms with Gasteiger partial charge >= 0.3 is 30.0 Å². The third kappa shape index (κ3) is 8.30. The number of ether oxygens (including phenoxy) is 1. The van der Waals surface area contributed by atoms with Gasteiger partial charge in [0.15, 0.2) is 0 Å². The van der Waals surface area contributed by atoms with Gasteiger partial charge in [-0.15, -0.1) is 0 Å². The number of nitrogens with zero attached hydrogens (tertiary/aromatic N) is 2. The zero-order valence-electron chi connectivity index (χ0n) is 19.7. The van der Waals surface area contributed by atoms with Gasteiger partial charge in [-0.1, -0.05) is 30.3 Å². The molecule has 14 nitrogen and oxygen atoms in total. The van der Waals surface area contributed by atoms with E-state index in [1.807, 2.05) is 6.07 Å². The van der Waals surface area contributed by atoms with Gasteiger partial charge in [0.25, 0.3) is 0 Å². The van der Waals surface area contributed by atoms with Gasteiger partial charge in [-0.2, -0.15) is 0 Å². The fraction of sp³-hybridized carbons (Fsp3) is 0.435. The van der Waals surface area contributed by atoms with Crippen molar-refractivity contribution in [2.45, 2.75) is 57.2 Å². The summed E-state index contributed by atoms with van der Waals surface area (Å²) in [5.74, 6) is -6.86. The van der Waals surface area contributed by atoms with Crippen molar-refractivity contribution in [3.8, 4) is 0 Å². The minimum absolute atomic E-state index is 0.0615. The van der Waals surface area contributed by atoms with Crippen molar-refractivity contribution < 1.29 is 53.6 Å². The highest BCUT2D eigenvalue weighted by Gasteiger charge is 2.48. The van der Waals surface area contributed by atoms with E-state index in [0.29, 0.717) is 4.90 Å². The molecular formula is C23H27N3O11. The second-order valence-electron chi connectivity index (χ2n) is 8.11. The zero-order chi connectivity index (χ0) is 27.5. The van der Waals surface area contributed by atoms with Gasteiger partial charge in [0, 0.05) is 13.0 Å². The van der Waals surface area contributed by atoms with Gasteiger partial charge in [-0.05, 0) is 31.2 Å². The number of aliphatic carboxylic acids is 3. The molecule has 0 aliphatic carbocycles. The molecule has 200 valence electrons. The van der Waals surface area contributed by atoms with Gasteiger partial charge in [-0.3, -0.25) is 14.4 Å². The molecule has 1 heterocycles. The van der Waals surface area contributed by atoms with Crippen LogP contribution in [0.3, 0.4) is 0 Å². The fourth-order valence-corrected chi connectivity index (χ4v) is 3.66. The standard InChI is InChI=1S/C23H27N3O11/c27-17-12-18(28)26(16(21(33)34)9-10-19(29)30)23(36)25(17)15(20(31)32)8-4-5-11-24-22(35)37-13-14-6-2-1-3-7-14/h1-3,6-7,15-16H,4-5,8-13H2,(H,24,35)(H,29,30)(H,31,32)(H,33,34). The molecule has 1 aliphatic rings. The van der Waals surface area contributed by atoms with Gasteiger partial charge in [0.1, 0.15) is 25.1 Å². The quantitative estimate of drug-likeness (QED) is 0.201. The van der Waals surface area contributed by atoms with Crippen molar-refractivity contribution in [3.63, 3.8) is 0 Å². The van der Waals surface area contributed by atoms with Crippen molar-refractivity contribution in [2.75, 3.05) is 6.54 Å². The Hall–Kier alpha value is -4.49. The maximum Gasteiger partial charge on any atom is 0.407 e. The molecule has 2 rings (SSSR count). The molecule has 1 aromatic rings. The van der Waals surface area contributed by atoms with E-state index in [0.717, 1.165) is 5.56 Å². The van der Waals surface area contributed by atoms with E-state index in [-0.39, 0.29) is 37.3 Å². The summed E-state index contributed by atoms with van der Waals surface area (Å²) in [6, 6.07) is 3.94. The lowest BCUT2D eigenvalue weighted by molar-refractivity contribution is -0.158. The summed E-state index contributed by atoms with van der Waals surface area (Å²) in [6.45, 7) is 0.175. The van der Waals surface area contributed by atoms with Crippen molar-refractivity contribution >= 4 is 41.8 Å². The molecule has 1 saturated heterocycles. The van der Waals surface area contributed by atoms with Crippen LogP contribution in [0.2, 0.25) is 0 Å². The van der Waals surface area contributed by atoms with Crippen LogP contribution in [0.4, 0.5) is 9.59 Å². The second-order valence-corrected chi connectivity index (χ2v) is 8.11. The topological polar surface area (TPSA) is 208 Å². The second kappa shape index (κ2) is 13.6. The number of alkyl carbamates (subject to hydrolysis) is 1. The largest absolute Gasteiger partial charge is 0.481 e. The summed E-state index contributed by atoms with van der Waals surface area (Å²) in [5.41, 5.74) is 0.790. The van der Waals surface area contributed by atoms with Crippen LogP contribution in [0.5, 0.6) is 0 Å². The molecule has 0 aromatic heterocycles. The molecular weight excluding hydrogens is 494 g/mol. The van der Waals surface area contributed by atoms with E-state index >= 15 is 0 Å². The Bertz CT molecular complexity index is 1040. The zero-order valence-corrected chi connectivity index (χ0v) is 19.7. The number of imide groups is 2. The molecule has 0 bridgehead atoms. The maximum atomic E-state index is 12.9. The molecule has 0 radical (unpaired) electrons. The molecule has 4 N–H and O–H groups in total. The molecule has 5 amide bonds. The van der Waals surface area contributed by atoms with Crippen molar-refractivity contribution in [2.24, 2.45) is 0 Å². The van der Waals surface area contributed by atoms with Crippen LogP contribution >= 0.6 is 0 Å². The first-order chi connectivity index (χ1) is 17.5. The summed E-state index contributed by atoms with van der Waals surface area (Å²) in [4.78, 5) is 84.3. The monoisotopic (exact) mass is 521 g/mol. The first-order valence-electron chi connectivity index (χ1n) is 11.3. The maximum absolute atomic E-state index is 12.9. The van der Waals surface area contributed by atoms with Crippen LogP contribution in [0, 0.1) is 0 Å². The molecule has 1 aliphatic heterocycles. The molecule has 2 unspecified atom stereocenters. The normalized spacial score (nSPS) is 15.2. The average Bonchev–Trinajstić information content (AvgIpc) is 2.83. The van der Waals surface area contributed by atoms with Crippen LogP contribution in [-0.4, -0.2) is 85.6 Å². The Balaban J connectivity index is 1.95. The molecule has 1 fully saturated rings. The third-order valence-electron chi connectivity index (χ3n) is 5.46. The van der Waals surface area contributed by atoms with E-state index in [1.165, 1.54) is 0 Å². The number of carboxylic acid groups (broad SMARTS) is 3. The van der Waals surface area contributed by atoms with E-state index in [1.54, 1.807) is 24.3 Å². The number of nitrogens with one attached hydrogen (secondary N) is 1. The molecule has 2 atom stereocenters. The van der Waals surface area contributed by atoms with Gasteiger partial charge < -0.3 is 25.4 Å². The van der Waals surface area contributed by atoms with Gasteiger partial charge in [-0.25, -0.2) is 29.0 Å². The molecule has 1 aromatic carbocycles. The number of carbonyl (C=O) groups excluding carboxylic acids is 4. The van der Waals surface area contributed by atoms with E-state index in [2.05, 4.69) is 5.32 Å². The van der Waals surface area contributed by atoms with Crippen molar-refractivity contribution in [1.29, 1.82) is 0 Å². The highest BCUT2D eigenvalue weighted by atomic mass is 16.5. The first kappa shape index (κ1) is 28.7. The van der Waals surface area contributed by atoms with Crippen LogP contribution in [0.25, 0.3) is 0 Å². The summed E-state index contributed by atoms with van der Waals surface area (Å²) >= 11 is 0. The van der Waals surface area contributed by atoms with Crippen LogP contribution in [-0.2, 0) is 35.3 Å². The number of barbiturate groups is 1. The number of amides is 5. The Morgan fingerprint density at radius 1 is 0.865 bits per heavy atom. The van der Waals surface area contributed by atoms with Gasteiger partial charge in [0.05, 0.1) is 0 Å². The highest BCUT2D eigenvalue weighted by molar-refractivity contribution is 6.16. The number of carbonyl (C=O) groups is 7. The predicted molar refractivity (Wildman–Crippen MR) is 122 cm³/mol. The average molecular weight is 521 g/mol. The first-order valence-corrected chi connectivity index (χ1v) is 11.3. The molecule has 14 heteroatoms. The number of urea groups is 1. The number of rotatable bonds is 14. The van der Waals surface area contributed by atoms with Crippen LogP contribution in [0.15, 0.2) is 30.3 Å². The molecule has 37 heavy (non-hydrogen) atoms. The van der Waals surface area contributed by atoms with Crippen molar-refractivity contribution in [1.82, 2.24) is 15.1 Å².